The maximum absolute atomic E-state index is 8.25. The summed E-state index contributed by atoms with van der Waals surface area (Å²) >= 11 is 0. The minimum atomic E-state index is -1.75. The number of hydrogen-bond acceptors (Lipinski definition) is 12. The number of hydrogen-bond donors (Lipinski definition) is 0. The van der Waals surface area contributed by atoms with Crippen LogP contribution in [0.2, 0.25) is 0 Å². The quantitative estimate of drug-likeness (QED) is 0.297. The first-order valence-corrected chi connectivity index (χ1v) is 2.19. The molecule has 17 heteroatoms. The first kappa shape index (κ1) is 29.2. The molecule has 0 aromatic rings. The molecule has 0 spiro atoms. The number of nitrogens with zero attached hydrogens (tertiary/aromatic N) is 4. The van der Waals surface area contributed by atoms with Gasteiger partial charge in [-0.2, -0.15) is 0 Å². The molecule has 0 saturated heterocycles. The summed E-state index contributed by atoms with van der Waals surface area (Å²) in [6.07, 6.45) is 0. The van der Waals surface area contributed by atoms with E-state index in [0.717, 1.165) is 0 Å². The average molecular weight is 304 g/mol. The van der Waals surface area contributed by atoms with Gasteiger partial charge in [0.2, 0.25) is 0 Å². The molecule has 0 atom stereocenters. The van der Waals surface area contributed by atoms with Crippen LogP contribution in [0.3, 0.4) is 0 Å². The van der Waals surface area contributed by atoms with Crippen LogP contribution in [0.25, 0.3) is 0 Å². The Hall–Kier alpha value is -2.68. The van der Waals surface area contributed by atoms with Crippen molar-refractivity contribution in [1.29, 1.82) is 0 Å². The van der Waals surface area contributed by atoms with Gasteiger partial charge in [0.15, 0.2) is 0 Å². The molecule has 0 unspecified atom stereocenters. The second kappa shape index (κ2) is 23.3. The molecule has 0 fully saturated rings. The molecule has 0 aliphatic carbocycles. The van der Waals surface area contributed by atoms with Gasteiger partial charge in [0.05, 0.1) is 20.3 Å². The second-order valence-electron chi connectivity index (χ2n) is 0.894. The van der Waals surface area contributed by atoms with Crippen molar-refractivity contribution in [2.45, 2.75) is 0 Å². The topological polar surface area (TPSA) is 265 Å². The van der Waals surface area contributed by atoms with E-state index in [1.54, 1.807) is 0 Å². The van der Waals surface area contributed by atoms with Gasteiger partial charge in [-0.25, -0.2) is 0 Å². The first-order chi connectivity index (χ1) is 6.93. The Bertz CT molecular complexity index is 159. The maximum Gasteiger partial charge on any atom is 0.0689 e. The molecule has 0 bridgehead atoms. The monoisotopic (exact) mass is 304 g/mol. The Morgan fingerprint density at radius 1 is 0.412 bits per heavy atom. The third kappa shape index (κ3) is 238. The largest absolute Gasteiger partial charge is 0.356 e. The van der Waals surface area contributed by atoms with Crippen molar-refractivity contribution in [3.8, 4) is 0 Å². The molecule has 0 N–H and O–H groups in total. The van der Waals surface area contributed by atoms with Crippen LogP contribution >= 0.6 is 0 Å². The Kier molecular flexibility index (Phi) is 40.0. The molecule has 17 heavy (non-hydrogen) atoms. The number of rotatable bonds is 0. The van der Waals surface area contributed by atoms with Gasteiger partial charge < -0.3 is 61.3 Å². The van der Waals surface area contributed by atoms with Crippen molar-refractivity contribution in [1.82, 2.24) is 0 Å². The Morgan fingerprint density at radius 2 is 0.412 bits per heavy atom. The zero-order chi connectivity index (χ0) is 14.3. The molecular formula is FeN4O12-4. The molecule has 0 radical (unpaired) electrons. The minimum Gasteiger partial charge on any atom is -0.356 e. The molecule has 0 aromatic heterocycles. The van der Waals surface area contributed by atoms with Gasteiger partial charge in [-0.3, -0.25) is 0 Å². The van der Waals surface area contributed by atoms with Crippen molar-refractivity contribution in [2.75, 3.05) is 0 Å². The molecular weight excluding hydrogens is 304 g/mol. The Balaban J connectivity index is -0.0000000369. The van der Waals surface area contributed by atoms with E-state index in [1.165, 1.54) is 0 Å². The van der Waals surface area contributed by atoms with E-state index < -0.39 is 20.3 Å². The molecule has 0 aromatic carbocycles. The second-order valence-corrected chi connectivity index (χ2v) is 0.894. The molecule has 0 amide bonds. The van der Waals surface area contributed by atoms with Gasteiger partial charge in [-0.05, 0) is 0 Å². The van der Waals surface area contributed by atoms with Gasteiger partial charge >= 0.3 is 0 Å². The minimum absolute atomic E-state index is 0. The van der Waals surface area contributed by atoms with Gasteiger partial charge in [-0.15, -0.1) is 0 Å². The van der Waals surface area contributed by atoms with Crippen LogP contribution in [0.1, 0.15) is 0 Å². The summed E-state index contributed by atoms with van der Waals surface area (Å²) in [4.78, 5) is 33.0. The molecule has 0 saturated carbocycles. The van der Waals surface area contributed by atoms with E-state index in [-0.39, 0.29) is 17.1 Å². The summed E-state index contributed by atoms with van der Waals surface area (Å²) in [5.74, 6) is 0. The van der Waals surface area contributed by atoms with Crippen molar-refractivity contribution in [3.05, 3.63) is 61.3 Å². The predicted molar refractivity (Wildman–Crippen MR) is 41.4 cm³/mol. The van der Waals surface area contributed by atoms with Gasteiger partial charge in [0.1, 0.15) is 0 Å². The Morgan fingerprint density at radius 3 is 0.412 bits per heavy atom. The van der Waals surface area contributed by atoms with E-state index in [1.807, 2.05) is 0 Å². The zero-order valence-electron chi connectivity index (χ0n) is 7.04. The summed E-state index contributed by atoms with van der Waals surface area (Å²) < 4.78 is 0. The summed E-state index contributed by atoms with van der Waals surface area (Å²) in [5.41, 5.74) is 0. The summed E-state index contributed by atoms with van der Waals surface area (Å²) in [6, 6.07) is 0. The molecule has 104 valence electrons. The van der Waals surface area contributed by atoms with Crippen molar-refractivity contribution in [2.24, 2.45) is 0 Å². The van der Waals surface area contributed by atoms with Crippen LogP contribution in [-0.4, -0.2) is 20.3 Å². The Labute approximate surface area is 99.6 Å². The first-order valence-electron chi connectivity index (χ1n) is 2.19. The smallest absolute Gasteiger partial charge is 0.0689 e. The summed E-state index contributed by atoms with van der Waals surface area (Å²) in [6.45, 7) is 0. The molecule has 16 nitrogen and oxygen atoms in total. The van der Waals surface area contributed by atoms with Gasteiger partial charge in [-0.1, -0.05) is 0 Å². The zero-order valence-corrected chi connectivity index (χ0v) is 8.15. The molecule has 0 rings (SSSR count). The SMILES string of the molecule is O=[N+]([O-])[O-].O=[N+]([O-])[O-].O=[N+]([O-])[O-].O=[N+]([O-])[O-].[Fe]. The van der Waals surface area contributed by atoms with E-state index >= 15 is 0 Å². The van der Waals surface area contributed by atoms with E-state index in [4.69, 9.17) is 61.3 Å². The van der Waals surface area contributed by atoms with Gasteiger partial charge in [0, 0.05) is 17.1 Å². The standard InChI is InChI=1S/Fe.4NO3/c;4*2-1(3)4/q;4*-1. The van der Waals surface area contributed by atoms with Crippen LogP contribution in [-0.2, 0) is 17.1 Å². The maximum atomic E-state index is 8.25. The average Bonchev–Trinajstić information content (AvgIpc) is 1.76. The predicted octanol–water partition coefficient (Wildman–Crippen LogP) is -0.959. The fourth-order valence-corrected chi connectivity index (χ4v) is 0. The van der Waals surface area contributed by atoms with E-state index in [9.17, 15) is 0 Å². The summed E-state index contributed by atoms with van der Waals surface area (Å²) in [7, 11) is 0. The molecule has 0 aliphatic rings. The van der Waals surface area contributed by atoms with Crippen molar-refractivity contribution in [3.63, 3.8) is 0 Å². The van der Waals surface area contributed by atoms with Gasteiger partial charge in [0.25, 0.3) is 0 Å². The molecule has 0 heterocycles. The summed E-state index contributed by atoms with van der Waals surface area (Å²) in [5, 5.41) is 59.0. The van der Waals surface area contributed by atoms with Crippen LogP contribution in [0.4, 0.5) is 0 Å². The van der Waals surface area contributed by atoms with Crippen molar-refractivity contribution < 1.29 is 37.4 Å². The van der Waals surface area contributed by atoms with Crippen LogP contribution < -0.4 is 0 Å². The van der Waals surface area contributed by atoms with E-state index in [2.05, 4.69) is 0 Å². The third-order valence-electron chi connectivity index (χ3n) is 0. The fraction of sp³-hybridized carbons (Fsp3) is 0. The van der Waals surface area contributed by atoms with Crippen LogP contribution in [0.5, 0.6) is 0 Å². The van der Waals surface area contributed by atoms with Crippen LogP contribution in [0.15, 0.2) is 0 Å². The van der Waals surface area contributed by atoms with Crippen LogP contribution in [0, 0.1) is 61.3 Å². The third-order valence-corrected chi connectivity index (χ3v) is 0. The normalized spacial score (nSPS) is 5.65. The molecule has 0 aliphatic heterocycles. The van der Waals surface area contributed by atoms with Crippen molar-refractivity contribution >= 4 is 0 Å². The van der Waals surface area contributed by atoms with E-state index in [0.29, 0.717) is 0 Å². The fourth-order valence-electron chi connectivity index (χ4n) is 0.